The predicted octanol–water partition coefficient (Wildman–Crippen LogP) is 2.58. The van der Waals surface area contributed by atoms with Crippen molar-refractivity contribution in [3.63, 3.8) is 0 Å². The number of amides is 1. The van der Waals surface area contributed by atoms with E-state index in [0.29, 0.717) is 17.9 Å². The second-order valence-electron chi connectivity index (χ2n) is 5.88. The molecule has 0 radical (unpaired) electrons. The topological polar surface area (TPSA) is 70.8 Å². The number of furan rings is 1. The summed E-state index contributed by atoms with van der Waals surface area (Å²) in [5.74, 6) is 0.393. The minimum Gasteiger partial charge on any atom is -0.467 e. The van der Waals surface area contributed by atoms with Crippen LogP contribution in [0, 0.1) is 0 Å². The maximum Gasteiger partial charge on any atom is 0.254 e. The Morgan fingerprint density at radius 2 is 1.88 bits per heavy atom. The first-order valence-corrected chi connectivity index (χ1v) is 9.03. The van der Waals surface area contributed by atoms with Gasteiger partial charge >= 0.3 is 0 Å². The number of rotatable bonds is 6. The van der Waals surface area contributed by atoms with Crippen molar-refractivity contribution < 1.29 is 17.6 Å². The second-order valence-corrected chi connectivity index (χ2v) is 7.88. The Bertz CT molecular complexity index is 798. The number of hydrogen-bond acceptors (Lipinski definition) is 4. The molecule has 0 N–H and O–H groups in total. The number of nitrogens with zero attached hydrogens (tertiary/aromatic N) is 2. The maximum atomic E-state index is 12.6. The molecule has 0 spiro atoms. The van der Waals surface area contributed by atoms with Gasteiger partial charge in [-0.25, -0.2) is 8.42 Å². The Kier molecular flexibility index (Phi) is 5.46. The van der Waals surface area contributed by atoms with Crippen molar-refractivity contribution >= 4 is 15.9 Å². The Morgan fingerprint density at radius 3 is 2.46 bits per heavy atom. The van der Waals surface area contributed by atoms with Gasteiger partial charge in [0.25, 0.3) is 5.91 Å². The van der Waals surface area contributed by atoms with E-state index in [4.69, 9.17) is 4.42 Å². The van der Waals surface area contributed by atoms with Crippen molar-refractivity contribution in [2.24, 2.45) is 0 Å². The highest BCUT2D eigenvalue weighted by molar-refractivity contribution is 7.89. The van der Waals surface area contributed by atoms with Crippen LogP contribution in [0.25, 0.3) is 0 Å². The summed E-state index contributed by atoms with van der Waals surface area (Å²) in [4.78, 5) is 14.1. The molecule has 0 bridgehead atoms. The van der Waals surface area contributed by atoms with E-state index in [-0.39, 0.29) is 16.8 Å². The lowest BCUT2D eigenvalue weighted by Gasteiger charge is -2.21. The number of sulfonamides is 1. The molecule has 1 aromatic heterocycles. The van der Waals surface area contributed by atoms with Gasteiger partial charge in [0, 0.05) is 25.7 Å². The zero-order valence-corrected chi connectivity index (χ0v) is 15.1. The van der Waals surface area contributed by atoms with Crippen molar-refractivity contribution in [2.75, 3.05) is 14.1 Å². The van der Waals surface area contributed by atoms with E-state index in [1.165, 1.54) is 28.4 Å². The van der Waals surface area contributed by atoms with Crippen LogP contribution in [-0.2, 0) is 16.6 Å². The fourth-order valence-electron chi connectivity index (χ4n) is 2.16. The number of carbonyl (C=O) groups is 1. The molecule has 1 heterocycles. The van der Waals surface area contributed by atoms with Crippen LogP contribution in [0.3, 0.4) is 0 Å². The molecule has 0 saturated carbocycles. The van der Waals surface area contributed by atoms with E-state index in [1.807, 2.05) is 0 Å². The predicted molar refractivity (Wildman–Crippen MR) is 91.0 cm³/mol. The summed E-state index contributed by atoms with van der Waals surface area (Å²) in [6.45, 7) is 3.90. The van der Waals surface area contributed by atoms with Gasteiger partial charge in [0.2, 0.25) is 10.0 Å². The van der Waals surface area contributed by atoms with Crippen LogP contribution in [0.15, 0.2) is 52.0 Å². The van der Waals surface area contributed by atoms with Gasteiger partial charge in [0.05, 0.1) is 17.7 Å². The minimum absolute atomic E-state index is 0.107. The molecule has 0 fully saturated rings. The molecule has 0 saturated heterocycles. The molecule has 0 aliphatic rings. The van der Waals surface area contributed by atoms with Gasteiger partial charge in [-0.3, -0.25) is 4.79 Å². The molecule has 2 aromatic rings. The van der Waals surface area contributed by atoms with E-state index < -0.39 is 10.0 Å². The largest absolute Gasteiger partial charge is 0.467 e. The molecule has 7 heteroatoms. The molecule has 0 aliphatic heterocycles. The molecule has 24 heavy (non-hydrogen) atoms. The third-order valence-electron chi connectivity index (χ3n) is 3.80. The van der Waals surface area contributed by atoms with Crippen molar-refractivity contribution in [1.82, 2.24) is 9.21 Å². The van der Waals surface area contributed by atoms with E-state index >= 15 is 0 Å². The van der Waals surface area contributed by atoms with Crippen molar-refractivity contribution in [2.45, 2.75) is 31.3 Å². The molecular weight excluding hydrogens is 328 g/mol. The monoisotopic (exact) mass is 350 g/mol. The van der Waals surface area contributed by atoms with E-state index in [9.17, 15) is 13.2 Å². The molecule has 0 unspecified atom stereocenters. The van der Waals surface area contributed by atoms with Gasteiger partial charge in [-0.05, 0) is 44.2 Å². The normalized spacial score (nSPS) is 11.9. The Balaban J connectivity index is 2.25. The third-order valence-corrected chi connectivity index (χ3v) is 5.83. The lowest BCUT2D eigenvalue weighted by Crippen LogP contribution is -2.33. The summed E-state index contributed by atoms with van der Waals surface area (Å²) in [5, 5.41) is 0. The SMILES string of the molecule is CC(C)N(C)S(=O)(=O)c1cccc(C(=O)N(C)Cc2ccco2)c1. The van der Waals surface area contributed by atoms with Crippen LogP contribution in [-0.4, -0.2) is 43.7 Å². The van der Waals surface area contributed by atoms with Crippen LogP contribution in [0.2, 0.25) is 0 Å². The summed E-state index contributed by atoms with van der Waals surface area (Å²) < 4.78 is 31.6. The first kappa shape index (κ1) is 18.2. The Hall–Kier alpha value is -2.12. The van der Waals surface area contributed by atoms with Crippen LogP contribution in [0.1, 0.15) is 30.0 Å². The maximum absolute atomic E-state index is 12.6. The first-order valence-electron chi connectivity index (χ1n) is 7.59. The average Bonchev–Trinajstić information content (AvgIpc) is 3.06. The zero-order chi connectivity index (χ0) is 17.9. The highest BCUT2D eigenvalue weighted by Crippen LogP contribution is 2.19. The summed E-state index contributed by atoms with van der Waals surface area (Å²) in [5.41, 5.74) is 0.322. The van der Waals surface area contributed by atoms with Crippen molar-refractivity contribution in [3.8, 4) is 0 Å². The highest BCUT2D eigenvalue weighted by Gasteiger charge is 2.24. The van der Waals surface area contributed by atoms with E-state index in [1.54, 1.807) is 51.4 Å². The molecule has 0 aliphatic carbocycles. The molecular formula is C17H22N2O4S. The molecule has 1 amide bonds. The Morgan fingerprint density at radius 1 is 1.17 bits per heavy atom. The minimum atomic E-state index is -3.63. The van der Waals surface area contributed by atoms with Gasteiger partial charge in [0.15, 0.2) is 0 Å². The standard InChI is InChI=1S/C17H22N2O4S/c1-13(2)19(4)24(21,22)16-9-5-7-14(11-16)17(20)18(3)12-15-8-6-10-23-15/h5-11,13H,12H2,1-4H3. The average molecular weight is 350 g/mol. The first-order chi connectivity index (χ1) is 11.2. The van der Waals surface area contributed by atoms with Gasteiger partial charge in [-0.1, -0.05) is 6.07 Å². The summed E-state index contributed by atoms with van der Waals surface area (Å²) in [6.07, 6.45) is 1.54. The summed E-state index contributed by atoms with van der Waals surface area (Å²) >= 11 is 0. The van der Waals surface area contributed by atoms with E-state index in [2.05, 4.69) is 0 Å². The van der Waals surface area contributed by atoms with Crippen LogP contribution in [0.5, 0.6) is 0 Å². The molecule has 6 nitrogen and oxygen atoms in total. The van der Waals surface area contributed by atoms with Crippen LogP contribution in [0.4, 0.5) is 0 Å². The smallest absolute Gasteiger partial charge is 0.254 e. The van der Waals surface area contributed by atoms with Crippen molar-refractivity contribution in [3.05, 3.63) is 54.0 Å². The van der Waals surface area contributed by atoms with Gasteiger partial charge in [-0.15, -0.1) is 0 Å². The molecule has 0 atom stereocenters. The van der Waals surface area contributed by atoms with Gasteiger partial charge in [0.1, 0.15) is 5.76 Å². The quantitative estimate of drug-likeness (QED) is 0.803. The fourth-order valence-corrected chi connectivity index (χ4v) is 3.58. The number of hydrogen-bond donors (Lipinski definition) is 0. The molecule has 2 rings (SSSR count). The van der Waals surface area contributed by atoms with Crippen molar-refractivity contribution in [1.29, 1.82) is 0 Å². The van der Waals surface area contributed by atoms with Crippen LogP contribution >= 0.6 is 0 Å². The van der Waals surface area contributed by atoms with E-state index in [0.717, 1.165) is 0 Å². The lowest BCUT2D eigenvalue weighted by atomic mass is 10.2. The number of benzene rings is 1. The molecule has 130 valence electrons. The number of carbonyl (C=O) groups excluding carboxylic acids is 1. The fraction of sp³-hybridized carbons (Fsp3) is 0.353. The lowest BCUT2D eigenvalue weighted by molar-refractivity contribution is 0.0775. The summed E-state index contributed by atoms with van der Waals surface area (Å²) in [6, 6.07) is 9.46. The molecule has 1 aromatic carbocycles. The summed E-state index contributed by atoms with van der Waals surface area (Å²) in [7, 11) is -0.455. The second kappa shape index (κ2) is 7.19. The zero-order valence-electron chi connectivity index (χ0n) is 14.3. The highest BCUT2D eigenvalue weighted by atomic mass is 32.2. The van der Waals surface area contributed by atoms with Gasteiger partial charge in [-0.2, -0.15) is 4.31 Å². The third kappa shape index (κ3) is 3.85. The van der Waals surface area contributed by atoms with Crippen LogP contribution < -0.4 is 0 Å². The Labute approximate surface area is 142 Å². The van der Waals surface area contributed by atoms with Gasteiger partial charge < -0.3 is 9.32 Å².